The molecule has 0 bridgehead atoms. The fourth-order valence-electron chi connectivity index (χ4n) is 2.45. The minimum atomic E-state index is -1.07. The van der Waals surface area contributed by atoms with Crippen molar-refractivity contribution in [3.05, 3.63) is 59.2 Å². The van der Waals surface area contributed by atoms with E-state index in [4.69, 9.17) is 14.6 Å². The van der Waals surface area contributed by atoms with Crippen LogP contribution in [0, 0.1) is 6.92 Å². The first kappa shape index (κ1) is 21.0. The third kappa shape index (κ3) is 6.42. The summed E-state index contributed by atoms with van der Waals surface area (Å²) in [7, 11) is 0. The maximum atomic E-state index is 12.0. The van der Waals surface area contributed by atoms with Crippen LogP contribution in [0.1, 0.15) is 36.5 Å². The van der Waals surface area contributed by atoms with E-state index >= 15 is 0 Å². The van der Waals surface area contributed by atoms with Crippen LogP contribution >= 0.6 is 0 Å². The number of ether oxygens (including phenoxy) is 2. The van der Waals surface area contributed by atoms with Gasteiger partial charge in [0.2, 0.25) is 0 Å². The Kier molecular flexibility index (Phi) is 7.56. The van der Waals surface area contributed by atoms with Crippen LogP contribution < -0.4 is 14.9 Å². The summed E-state index contributed by atoms with van der Waals surface area (Å²) in [4.78, 5) is 22.6. The van der Waals surface area contributed by atoms with Crippen molar-refractivity contribution in [1.29, 1.82) is 0 Å². The molecular formula is C21H24N2O5. The van der Waals surface area contributed by atoms with Gasteiger partial charge in [-0.15, -0.1) is 0 Å². The number of carbonyl (C=O) groups is 2. The molecule has 2 N–H and O–H groups in total. The van der Waals surface area contributed by atoms with Gasteiger partial charge in [0.1, 0.15) is 11.5 Å². The Morgan fingerprint density at radius 1 is 1.11 bits per heavy atom. The largest absolute Gasteiger partial charge is 0.483 e. The fourth-order valence-corrected chi connectivity index (χ4v) is 2.45. The van der Waals surface area contributed by atoms with E-state index in [-0.39, 0.29) is 12.5 Å². The maximum Gasteiger partial charge on any atom is 0.341 e. The Morgan fingerprint density at radius 2 is 1.82 bits per heavy atom. The number of para-hydroxylation sites is 1. The van der Waals surface area contributed by atoms with Gasteiger partial charge in [-0.1, -0.05) is 38.1 Å². The van der Waals surface area contributed by atoms with Crippen LogP contribution in [-0.4, -0.2) is 36.4 Å². The van der Waals surface area contributed by atoms with Crippen LogP contribution in [0.3, 0.4) is 0 Å². The van der Waals surface area contributed by atoms with Crippen LogP contribution in [-0.2, 0) is 9.59 Å². The number of amides is 1. The monoisotopic (exact) mass is 384 g/mol. The number of rotatable bonds is 9. The molecule has 1 amide bonds. The molecule has 2 aromatic rings. The number of aliphatic carboxylic acids is 1. The Labute approximate surface area is 164 Å². The molecule has 7 nitrogen and oxygen atoms in total. The smallest absolute Gasteiger partial charge is 0.341 e. The van der Waals surface area contributed by atoms with E-state index in [2.05, 4.69) is 24.4 Å². The first-order chi connectivity index (χ1) is 13.4. The number of nitrogens with zero attached hydrogens (tertiary/aromatic N) is 1. The van der Waals surface area contributed by atoms with Gasteiger partial charge < -0.3 is 14.6 Å². The van der Waals surface area contributed by atoms with Gasteiger partial charge in [0, 0.05) is 5.56 Å². The summed E-state index contributed by atoms with van der Waals surface area (Å²) in [5.41, 5.74) is 5.02. The molecule has 2 rings (SSSR count). The maximum absolute atomic E-state index is 12.0. The molecule has 0 aromatic heterocycles. The molecule has 0 aliphatic carbocycles. The molecule has 7 heteroatoms. The van der Waals surface area contributed by atoms with Gasteiger partial charge >= 0.3 is 5.97 Å². The molecule has 0 spiro atoms. The zero-order valence-corrected chi connectivity index (χ0v) is 16.1. The lowest BCUT2D eigenvalue weighted by Crippen LogP contribution is -2.25. The van der Waals surface area contributed by atoms with Crippen molar-refractivity contribution in [2.45, 2.75) is 26.7 Å². The van der Waals surface area contributed by atoms with Crippen molar-refractivity contribution < 1.29 is 24.2 Å². The van der Waals surface area contributed by atoms with Crippen molar-refractivity contribution in [1.82, 2.24) is 5.43 Å². The Morgan fingerprint density at radius 3 is 2.54 bits per heavy atom. The molecule has 0 saturated carbocycles. The van der Waals surface area contributed by atoms with Gasteiger partial charge in [0.25, 0.3) is 5.91 Å². The Hall–Kier alpha value is -3.35. The highest BCUT2D eigenvalue weighted by Gasteiger charge is 2.10. The van der Waals surface area contributed by atoms with Gasteiger partial charge in [-0.2, -0.15) is 5.10 Å². The third-order valence-electron chi connectivity index (χ3n) is 3.81. The van der Waals surface area contributed by atoms with Gasteiger partial charge in [0.05, 0.1) is 6.21 Å². The number of aryl methyl sites for hydroxylation is 1. The number of benzene rings is 2. The number of hydrazone groups is 1. The summed E-state index contributed by atoms with van der Waals surface area (Å²) in [5.74, 6) is -0.161. The van der Waals surface area contributed by atoms with Crippen LogP contribution in [0.5, 0.6) is 11.5 Å². The first-order valence-corrected chi connectivity index (χ1v) is 8.85. The quantitative estimate of drug-likeness (QED) is 0.511. The van der Waals surface area contributed by atoms with Crippen LogP contribution in [0.15, 0.2) is 47.6 Å². The fraction of sp³-hybridized carbons (Fsp3) is 0.286. The molecule has 2 aromatic carbocycles. The second kappa shape index (κ2) is 10.1. The van der Waals surface area contributed by atoms with E-state index in [1.807, 2.05) is 25.1 Å². The molecule has 0 atom stereocenters. The van der Waals surface area contributed by atoms with Gasteiger partial charge in [-0.05, 0) is 42.2 Å². The Bertz CT molecular complexity index is 862. The summed E-state index contributed by atoms with van der Waals surface area (Å²) in [6.45, 7) is 5.46. The second-order valence-corrected chi connectivity index (χ2v) is 6.50. The number of nitrogens with one attached hydrogen (secondary N) is 1. The zero-order valence-electron chi connectivity index (χ0n) is 16.1. The zero-order chi connectivity index (χ0) is 20.5. The molecule has 0 saturated heterocycles. The lowest BCUT2D eigenvalue weighted by molar-refractivity contribution is -0.139. The van der Waals surface area contributed by atoms with Crippen molar-refractivity contribution in [3.63, 3.8) is 0 Å². The van der Waals surface area contributed by atoms with Crippen molar-refractivity contribution in [3.8, 4) is 11.5 Å². The number of hydrogen-bond acceptors (Lipinski definition) is 5. The molecule has 148 valence electrons. The highest BCUT2D eigenvalue weighted by Crippen LogP contribution is 2.27. The molecular weight excluding hydrogens is 360 g/mol. The number of carbonyl (C=O) groups excluding carboxylic acids is 1. The van der Waals surface area contributed by atoms with Crippen LogP contribution in [0.25, 0.3) is 0 Å². The highest BCUT2D eigenvalue weighted by atomic mass is 16.5. The van der Waals surface area contributed by atoms with E-state index in [9.17, 15) is 9.59 Å². The predicted molar refractivity (Wildman–Crippen MR) is 106 cm³/mol. The number of hydrogen-bond donors (Lipinski definition) is 2. The minimum absolute atomic E-state index is 0.169. The van der Waals surface area contributed by atoms with Crippen LogP contribution in [0.2, 0.25) is 0 Å². The summed E-state index contributed by atoms with van der Waals surface area (Å²) >= 11 is 0. The highest BCUT2D eigenvalue weighted by molar-refractivity contribution is 5.85. The average Bonchev–Trinajstić information content (AvgIpc) is 2.65. The predicted octanol–water partition coefficient (Wildman–Crippen LogP) is 3.11. The Balaban J connectivity index is 1.93. The van der Waals surface area contributed by atoms with Gasteiger partial charge in [0.15, 0.2) is 13.2 Å². The summed E-state index contributed by atoms with van der Waals surface area (Å²) in [6, 6.07) is 12.7. The van der Waals surface area contributed by atoms with Crippen molar-refractivity contribution in [2.24, 2.45) is 5.10 Å². The number of carboxylic acids is 1. The molecule has 28 heavy (non-hydrogen) atoms. The molecule has 0 aliphatic rings. The van der Waals surface area contributed by atoms with E-state index in [1.165, 1.54) is 6.21 Å². The normalized spacial score (nSPS) is 10.9. The van der Waals surface area contributed by atoms with E-state index < -0.39 is 18.5 Å². The molecule has 0 aliphatic heterocycles. The average molecular weight is 384 g/mol. The minimum Gasteiger partial charge on any atom is -0.483 e. The van der Waals surface area contributed by atoms with E-state index in [0.717, 1.165) is 11.1 Å². The molecule has 0 heterocycles. The SMILES string of the molecule is Cc1ccc(C(C)C)c(OCC(=O)N/N=C/c2ccccc2OCC(=O)O)c1. The summed E-state index contributed by atoms with van der Waals surface area (Å²) < 4.78 is 10.8. The summed E-state index contributed by atoms with van der Waals surface area (Å²) in [5, 5.41) is 12.6. The third-order valence-corrected chi connectivity index (χ3v) is 3.81. The van der Waals surface area contributed by atoms with Gasteiger partial charge in [-0.3, -0.25) is 4.79 Å². The molecule has 0 unspecified atom stereocenters. The second-order valence-electron chi connectivity index (χ2n) is 6.50. The lowest BCUT2D eigenvalue weighted by Gasteiger charge is -2.14. The topological polar surface area (TPSA) is 97.2 Å². The standard InChI is InChI=1S/C21H24N2O5/c1-14(2)17-9-8-15(3)10-19(17)27-12-20(24)23-22-11-16-6-4-5-7-18(16)28-13-21(25)26/h4-11,14H,12-13H2,1-3H3,(H,23,24)(H,25,26)/b22-11+. The van der Waals surface area contributed by atoms with E-state index in [1.54, 1.807) is 24.3 Å². The van der Waals surface area contributed by atoms with E-state index in [0.29, 0.717) is 17.1 Å². The number of carboxylic acid groups (broad SMARTS) is 1. The van der Waals surface area contributed by atoms with Gasteiger partial charge in [-0.25, -0.2) is 10.2 Å². The first-order valence-electron chi connectivity index (χ1n) is 8.85. The van der Waals surface area contributed by atoms with Crippen molar-refractivity contribution >= 4 is 18.1 Å². The molecule has 0 radical (unpaired) electrons. The molecule has 0 fully saturated rings. The summed E-state index contributed by atoms with van der Waals surface area (Å²) in [6.07, 6.45) is 1.39. The van der Waals surface area contributed by atoms with Crippen molar-refractivity contribution in [2.75, 3.05) is 13.2 Å². The van der Waals surface area contributed by atoms with Crippen LogP contribution in [0.4, 0.5) is 0 Å². The lowest BCUT2D eigenvalue weighted by atomic mass is 10.0.